The zero-order valence-electron chi connectivity index (χ0n) is 19.4. The van der Waals surface area contributed by atoms with Crippen LogP contribution in [0.15, 0.2) is 36.4 Å². The molecule has 0 radical (unpaired) electrons. The molecule has 0 atom stereocenters. The van der Waals surface area contributed by atoms with E-state index < -0.39 is 11.7 Å². The first-order chi connectivity index (χ1) is 14.8. The fourth-order valence-corrected chi connectivity index (χ4v) is 3.69. The Balaban J connectivity index is 2.32. The van der Waals surface area contributed by atoms with Crippen LogP contribution in [0.5, 0.6) is 0 Å². The van der Waals surface area contributed by atoms with E-state index in [2.05, 4.69) is 13.5 Å². The van der Waals surface area contributed by atoms with Gasteiger partial charge in [0.15, 0.2) is 0 Å². The molecule has 5 heteroatoms. The second kappa shape index (κ2) is 15.1. The summed E-state index contributed by atoms with van der Waals surface area (Å²) in [4.78, 5) is 14.1. The van der Waals surface area contributed by atoms with Crippen LogP contribution in [0.1, 0.15) is 102 Å². The lowest BCUT2D eigenvalue weighted by molar-refractivity contribution is -0.137. The monoisotopic (exact) mass is 439 g/mol. The van der Waals surface area contributed by atoms with Crippen molar-refractivity contribution in [2.24, 2.45) is 0 Å². The van der Waals surface area contributed by atoms with Crippen molar-refractivity contribution in [3.8, 4) is 0 Å². The summed E-state index contributed by atoms with van der Waals surface area (Å²) in [6, 6.07) is 5.04. The molecule has 0 aromatic heterocycles. The summed E-state index contributed by atoms with van der Waals surface area (Å²) in [5.74, 6) is -0.136. The molecule has 0 aliphatic heterocycles. The maximum atomic E-state index is 12.7. The van der Waals surface area contributed by atoms with Crippen LogP contribution in [0.3, 0.4) is 0 Å². The number of unbranched alkanes of at least 4 members (excludes halogenated alkanes) is 11. The summed E-state index contributed by atoms with van der Waals surface area (Å²) in [6.07, 6.45) is 10.6. The molecule has 0 fully saturated rings. The van der Waals surface area contributed by atoms with E-state index in [1.807, 2.05) is 0 Å². The van der Waals surface area contributed by atoms with E-state index in [0.717, 1.165) is 31.4 Å². The van der Waals surface area contributed by atoms with Gasteiger partial charge in [-0.2, -0.15) is 13.2 Å². The Morgan fingerprint density at radius 1 is 0.839 bits per heavy atom. The molecule has 1 rings (SSSR count). The van der Waals surface area contributed by atoms with E-state index in [1.54, 1.807) is 11.8 Å². The smallest absolute Gasteiger partial charge is 0.335 e. The van der Waals surface area contributed by atoms with E-state index in [9.17, 15) is 18.0 Å². The minimum absolute atomic E-state index is 0.136. The quantitative estimate of drug-likeness (QED) is 0.187. The number of carbonyl (C=O) groups excluding carboxylic acids is 1. The number of alkyl halides is 3. The number of rotatable bonds is 16. The van der Waals surface area contributed by atoms with Gasteiger partial charge in [-0.25, -0.2) is 0 Å². The summed E-state index contributed by atoms with van der Waals surface area (Å²) in [5, 5.41) is 0. The van der Waals surface area contributed by atoms with Gasteiger partial charge in [-0.3, -0.25) is 4.79 Å². The van der Waals surface area contributed by atoms with Gasteiger partial charge in [-0.15, -0.1) is 0 Å². The van der Waals surface area contributed by atoms with Gasteiger partial charge in [0.2, 0.25) is 5.91 Å². The molecule has 0 unspecified atom stereocenters. The first-order valence-electron chi connectivity index (χ1n) is 11.9. The zero-order chi connectivity index (χ0) is 23.1. The van der Waals surface area contributed by atoms with E-state index in [4.69, 9.17) is 0 Å². The SMILES string of the molecule is C=C(C)C(=O)N(CCCCCCCCCCCCCC)Cc1ccc(C(F)(F)F)cc1. The molecule has 0 N–H and O–H groups in total. The summed E-state index contributed by atoms with van der Waals surface area (Å²) in [7, 11) is 0. The van der Waals surface area contributed by atoms with Crippen molar-refractivity contribution in [3.05, 3.63) is 47.5 Å². The largest absolute Gasteiger partial charge is 0.416 e. The van der Waals surface area contributed by atoms with Gasteiger partial charge in [0.25, 0.3) is 0 Å². The number of hydrogen-bond acceptors (Lipinski definition) is 1. The van der Waals surface area contributed by atoms with E-state index >= 15 is 0 Å². The first-order valence-corrected chi connectivity index (χ1v) is 11.9. The highest BCUT2D eigenvalue weighted by Gasteiger charge is 2.30. The highest BCUT2D eigenvalue weighted by atomic mass is 19.4. The maximum Gasteiger partial charge on any atom is 0.416 e. The average Bonchev–Trinajstić information content (AvgIpc) is 2.72. The van der Waals surface area contributed by atoms with Gasteiger partial charge in [0.1, 0.15) is 0 Å². The lowest BCUT2D eigenvalue weighted by Crippen LogP contribution is -2.31. The minimum Gasteiger partial charge on any atom is -0.335 e. The highest BCUT2D eigenvalue weighted by molar-refractivity contribution is 5.92. The normalized spacial score (nSPS) is 11.5. The highest BCUT2D eigenvalue weighted by Crippen LogP contribution is 2.29. The topological polar surface area (TPSA) is 20.3 Å². The Labute approximate surface area is 186 Å². The van der Waals surface area contributed by atoms with Crippen LogP contribution >= 0.6 is 0 Å². The summed E-state index contributed by atoms with van der Waals surface area (Å²) in [6.45, 7) is 8.55. The first kappa shape index (κ1) is 27.3. The molecule has 31 heavy (non-hydrogen) atoms. The third-order valence-corrected chi connectivity index (χ3v) is 5.59. The second-order valence-electron chi connectivity index (χ2n) is 8.59. The zero-order valence-corrected chi connectivity index (χ0v) is 19.4. The van der Waals surface area contributed by atoms with Crippen molar-refractivity contribution in [3.63, 3.8) is 0 Å². The number of hydrogen-bond donors (Lipinski definition) is 0. The van der Waals surface area contributed by atoms with Crippen LogP contribution in [0.25, 0.3) is 0 Å². The standard InChI is InChI=1S/C26H40F3NO/c1-4-5-6-7-8-9-10-11-12-13-14-15-20-30(25(31)22(2)3)21-23-16-18-24(19-17-23)26(27,28)29/h16-19H,2,4-15,20-21H2,1,3H3. The van der Waals surface area contributed by atoms with Crippen LogP contribution in [0, 0.1) is 0 Å². The molecule has 1 amide bonds. The average molecular weight is 440 g/mol. The number of amides is 1. The molecule has 0 aliphatic rings. The van der Waals surface area contributed by atoms with Crippen molar-refractivity contribution in [2.75, 3.05) is 6.54 Å². The molecule has 2 nitrogen and oxygen atoms in total. The van der Waals surface area contributed by atoms with Gasteiger partial charge >= 0.3 is 6.18 Å². The van der Waals surface area contributed by atoms with Crippen LogP contribution in [-0.2, 0) is 17.5 Å². The molecule has 0 spiro atoms. The Morgan fingerprint density at radius 3 is 1.71 bits per heavy atom. The molecular weight excluding hydrogens is 399 g/mol. The predicted molar refractivity (Wildman–Crippen MR) is 123 cm³/mol. The van der Waals surface area contributed by atoms with Crippen molar-refractivity contribution in [1.29, 1.82) is 0 Å². The minimum atomic E-state index is -4.35. The van der Waals surface area contributed by atoms with Crippen molar-refractivity contribution in [2.45, 2.75) is 104 Å². The predicted octanol–water partition coefficient (Wildman–Crippen LogP) is 8.31. The third-order valence-electron chi connectivity index (χ3n) is 5.59. The molecule has 0 heterocycles. The molecule has 0 saturated carbocycles. The summed E-state index contributed by atoms with van der Waals surface area (Å²) in [5.41, 5.74) is 0.474. The van der Waals surface area contributed by atoms with Crippen LogP contribution in [-0.4, -0.2) is 17.4 Å². The van der Waals surface area contributed by atoms with E-state index in [1.165, 1.54) is 69.9 Å². The molecule has 0 saturated heterocycles. The number of nitrogens with zero attached hydrogens (tertiary/aromatic N) is 1. The lowest BCUT2D eigenvalue weighted by atomic mass is 10.0. The van der Waals surface area contributed by atoms with E-state index in [-0.39, 0.29) is 5.91 Å². The molecule has 0 aliphatic carbocycles. The van der Waals surface area contributed by atoms with Crippen LogP contribution in [0.4, 0.5) is 13.2 Å². The van der Waals surface area contributed by atoms with Crippen molar-refractivity contribution >= 4 is 5.91 Å². The third kappa shape index (κ3) is 12.0. The van der Waals surface area contributed by atoms with Gasteiger partial charge in [-0.05, 0) is 31.0 Å². The molecular formula is C26H40F3NO. The van der Waals surface area contributed by atoms with E-state index in [0.29, 0.717) is 24.2 Å². The second-order valence-corrected chi connectivity index (χ2v) is 8.59. The van der Waals surface area contributed by atoms with Gasteiger partial charge in [-0.1, -0.05) is 96.3 Å². The van der Waals surface area contributed by atoms with Crippen molar-refractivity contribution < 1.29 is 18.0 Å². The van der Waals surface area contributed by atoms with Gasteiger partial charge < -0.3 is 4.90 Å². The fraction of sp³-hybridized carbons (Fsp3) is 0.654. The van der Waals surface area contributed by atoms with Crippen LogP contribution in [0.2, 0.25) is 0 Å². The Morgan fingerprint density at radius 2 is 1.29 bits per heavy atom. The summed E-state index contributed by atoms with van der Waals surface area (Å²) < 4.78 is 38.2. The van der Waals surface area contributed by atoms with Crippen molar-refractivity contribution in [1.82, 2.24) is 4.90 Å². The Kier molecular flexibility index (Phi) is 13.3. The van der Waals surface area contributed by atoms with Gasteiger partial charge in [0.05, 0.1) is 5.56 Å². The number of benzene rings is 1. The molecule has 0 bridgehead atoms. The van der Waals surface area contributed by atoms with Gasteiger partial charge in [0, 0.05) is 18.7 Å². The Hall–Kier alpha value is -1.78. The summed E-state index contributed by atoms with van der Waals surface area (Å²) >= 11 is 0. The lowest BCUT2D eigenvalue weighted by Gasteiger charge is -2.23. The fourth-order valence-electron chi connectivity index (χ4n) is 3.69. The maximum absolute atomic E-state index is 12.7. The number of halogens is 3. The molecule has 1 aromatic carbocycles. The van der Waals surface area contributed by atoms with Crippen LogP contribution < -0.4 is 0 Å². The Bertz CT molecular complexity index is 637. The molecule has 1 aromatic rings. The number of carbonyl (C=O) groups is 1. The molecule has 176 valence electrons.